The first-order valence-corrected chi connectivity index (χ1v) is 6.59. The minimum Gasteiger partial charge on any atom is -0.478 e. The van der Waals surface area contributed by atoms with Crippen LogP contribution in [0.3, 0.4) is 0 Å². The molecule has 0 saturated heterocycles. The topological polar surface area (TPSA) is 88.2 Å². The predicted molar refractivity (Wildman–Crippen MR) is 71.7 cm³/mol. The number of anilines is 2. The number of nitrogens with zero attached hydrogens (tertiary/aromatic N) is 1. The Morgan fingerprint density at radius 2 is 2.41 bits per heavy atom. The Kier molecular flexibility index (Phi) is 5.09. The minimum absolute atomic E-state index is 0.0837. The Morgan fingerprint density at radius 1 is 1.71 bits per heavy atom. The lowest BCUT2D eigenvalue weighted by atomic mass is 10.2. The molecule has 1 aromatic heterocycles. The molecule has 0 radical (unpaired) electrons. The Balaban J connectivity index is 2.60. The highest BCUT2D eigenvalue weighted by Crippen LogP contribution is 2.15. The maximum Gasteiger partial charge on any atom is 0.337 e. The van der Waals surface area contributed by atoms with Crippen LogP contribution in [0.15, 0.2) is 12.3 Å². The number of pyridine rings is 1. The molecule has 1 unspecified atom stereocenters. The number of aromatic carboxylic acids is 1. The third kappa shape index (κ3) is 4.14. The Morgan fingerprint density at radius 3 is 3.00 bits per heavy atom. The highest BCUT2D eigenvalue weighted by molar-refractivity contribution is 7.99. The lowest BCUT2D eigenvalue weighted by Crippen LogP contribution is -2.10. The number of hydrogen-bond donors (Lipinski definition) is 3. The molecule has 4 N–H and O–H groups in total. The van der Waals surface area contributed by atoms with Gasteiger partial charge in [0.25, 0.3) is 0 Å². The summed E-state index contributed by atoms with van der Waals surface area (Å²) in [4.78, 5) is 14.9. The second kappa shape index (κ2) is 6.34. The summed E-state index contributed by atoms with van der Waals surface area (Å²) in [6.45, 7) is 2.91. The van der Waals surface area contributed by atoms with Crippen LogP contribution in [0.2, 0.25) is 0 Å². The summed E-state index contributed by atoms with van der Waals surface area (Å²) >= 11 is 1.80. The summed E-state index contributed by atoms with van der Waals surface area (Å²) in [6, 6.07) is 1.46. The molecule has 6 heteroatoms. The summed E-state index contributed by atoms with van der Waals surface area (Å²) in [7, 11) is 0. The number of carbonyl (C=O) groups is 1. The molecule has 0 aliphatic carbocycles. The van der Waals surface area contributed by atoms with E-state index >= 15 is 0 Å². The molecule has 0 aliphatic heterocycles. The van der Waals surface area contributed by atoms with Crippen molar-refractivity contribution < 1.29 is 9.90 Å². The number of nitrogen functional groups attached to an aromatic ring is 1. The summed E-state index contributed by atoms with van der Waals surface area (Å²) in [5.74, 6) is -0.490. The van der Waals surface area contributed by atoms with E-state index in [0.29, 0.717) is 11.1 Å². The number of nitrogens with one attached hydrogen (secondary N) is 1. The number of aromatic nitrogens is 1. The summed E-state index contributed by atoms with van der Waals surface area (Å²) in [5.41, 5.74) is 5.78. The fourth-order valence-corrected chi connectivity index (χ4v) is 1.62. The zero-order valence-corrected chi connectivity index (χ0v) is 10.8. The number of hydrogen-bond acceptors (Lipinski definition) is 5. The van der Waals surface area contributed by atoms with Gasteiger partial charge in [0.2, 0.25) is 0 Å². The van der Waals surface area contributed by atoms with Crippen molar-refractivity contribution in [1.29, 1.82) is 0 Å². The van der Waals surface area contributed by atoms with Gasteiger partial charge in [-0.3, -0.25) is 0 Å². The van der Waals surface area contributed by atoms with Crippen molar-refractivity contribution in [2.75, 3.05) is 23.9 Å². The van der Waals surface area contributed by atoms with Gasteiger partial charge in [0.05, 0.1) is 17.4 Å². The van der Waals surface area contributed by atoms with E-state index in [-0.39, 0.29) is 11.3 Å². The van der Waals surface area contributed by atoms with Gasteiger partial charge >= 0.3 is 5.97 Å². The first kappa shape index (κ1) is 13.6. The molecule has 1 heterocycles. The highest BCUT2D eigenvalue weighted by atomic mass is 32.2. The second-order valence-corrected chi connectivity index (χ2v) is 5.00. The molecule has 1 aromatic rings. The Bertz CT molecular complexity index is 398. The molecule has 1 atom stereocenters. The first-order chi connectivity index (χ1) is 8.04. The molecule has 0 bridgehead atoms. The van der Waals surface area contributed by atoms with E-state index in [1.165, 1.54) is 12.3 Å². The van der Waals surface area contributed by atoms with Crippen molar-refractivity contribution in [3.05, 3.63) is 17.8 Å². The van der Waals surface area contributed by atoms with Gasteiger partial charge in [-0.25, -0.2) is 9.78 Å². The van der Waals surface area contributed by atoms with Crippen molar-refractivity contribution in [2.24, 2.45) is 0 Å². The number of carboxylic acid groups (broad SMARTS) is 1. The molecule has 5 nitrogen and oxygen atoms in total. The van der Waals surface area contributed by atoms with E-state index in [0.717, 1.165) is 13.0 Å². The average molecular weight is 255 g/mol. The van der Waals surface area contributed by atoms with E-state index in [9.17, 15) is 4.79 Å². The van der Waals surface area contributed by atoms with Crippen LogP contribution >= 0.6 is 11.8 Å². The number of carboxylic acids is 1. The maximum absolute atomic E-state index is 10.9. The van der Waals surface area contributed by atoms with E-state index in [1.54, 1.807) is 11.8 Å². The number of nitrogens with two attached hydrogens (primary N) is 1. The van der Waals surface area contributed by atoms with Gasteiger partial charge < -0.3 is 16.2 Å². The summed E-state index contributed by atoms with van der Waals surface area (Å²) in [5, 5.41) is 12.6. The van der Waals surface area contributed by atoms with Gasteiger partial charge in [0, 0.05) is 11.8 Å². The van der Waals surface area contributed by atoms with Gasteiger partial charge in [-0.1, -0.05) is 6.92 Å². The molecule has 94 valence electrons. The van der Waals surface area contributed by atoms with Crippen molar-refractivity contribution in [2.45, 2.75) is 18.6 Å². The number of thioether (sulfide) groups is 1. The Labute approximate surface area is 105 Å². The maximum atomic E-state index is 10.9. The molecular formula is C11H17N3O2S. The van der Waals surface area contributed by atoms with Crippen molar-refractivity contribution in [3.8, 4) is 0 Å². The van der Waals surface area contributed by atoms with Crippen LogP contribution in [0.5, 0.6) is 0 Å². The molecule has 1 rings (SSSR count). The van der Waals surface area contributed by atoms with Gasteiger partial charge in [-0.05, 0) is 18.7 Å². The molecular weight excluding hydrogens is 238 g/mol. The van der Waals surface area contributed by atoms with Crippen molar-refractivity contribution >= 4 is 29.2 Å². The Hall–Kier alpha value is -1.43. The van der Waals surface area contributed by atoms with Gasteiger partial charge in [0.1, 0.15) is 5.82 Å². The van der Waals surface area contributed by atoms with Crippen LogP contribution in [-0.4, -0.2) is 34.1 Å². The zero-order chi connectivity index (χ0) is 12.8. The zero-order valence-electron chi connectivity index (χ0n) is 9.93. The van der Waals surface area contributed by atoms with Crippen LogP contribution in [0, 0.1) is 0 Å². The molecule has 0 aromatic carbocycles. The fraction of sp³-hybridized carbons (Fsp3) is 0.455. The summed E-state index contributed by atoms with van der Waals surface area (Å²) in [6.07, 6.45) is 4.42. The average Bonchev–Trinajstić information content (AvgIpc) is 2.30. The standard InChI is InChI=1S/C11H17N3O2S/c1-7(17-2)3-4-13-10-5-8(11(15)16)9(12)6-14-10/h5-7H,3-4,12H2,1-2H3,(H,13,14)(H,15,16). The smallest absolute Gasteiger partial charge is 0.337 e. The van der Waals surface area contributed by atoms with E-state index in [4.69, 9.17) is 10.8 Å². The van der Waals surface area contributed by atoms with Crippen LogP contribution < -0.4 is 11.1 Å². The highest BCUT2D eigenvalue weighted by Gasteiger charge is 2.09. The normalized spacial score (nSPS) is 12.1. The quantitative estimate of drug-likeness (QED) is 0.719. The second-order valence-electron chi connectivity index (χ2n) is 3.72. The third-order valence-corrected chi connectivity index (χ3v) is 3.46. The molecule has 0 aliphatic rings. The molecule has 0 saturated carbocycles. The largest absolute Gasteiger partial charge is 0.478 e. The van der Waals surface area contributed by atoms with Crippen LogP contribution in [-0.2, 0) is 0 Å². The number of rotatable bonds is 6. The first-order valence-electron chi connectivity index (χ1n) is 5.30. The van der Waals surface area contributed by atoms with Gasteiger partial charge in [-0.2, -0.15) is 11.8 Å². The summed E-state index contributed by atoms with van der Waals surface area (Å²) < 4.78 is 0. The van der Waals surface area contributed by atoms with E-state index in [1.807, 2.05) is 0 Å². The van der Waals surface area contributed by atoms with E-state index in [2.05, 4.69) is 23.5 Å². The molecule has 0 spiro atoms. The predicted octanol–water partition coefficient (Wildman–Crippen LogP) is 1.92. The van der Waals surface area contributed by atoms with Crippen LogP contribution in [0.25, 0.3) is 0 Å². The monoisotopic (exact) mass is 255 g/mol. The van der Waals surface area contributed by atoms with E-state index < -0.39 is 5.97 Å². The van der Waals surface area contributed by atoms with Crippen LogP contribution in [0.4, 0.5) is 11.5 Å². The molecule has 17 heavy (non-hydrogen) atoms. The van der Waals surface area contributed by atoms with Crippen molar-refractivity contribution in [1.82, 2.24) is 4.98 Å². The fourth-order valence-electron chi connectivity index (χ4n) is 1.27. The van der Waals surface area contributed by atoms with Gasteiger partial charge in [0.15, 0.2) is 0 Å². The van der Waals surface area contributed by atoms with Crippen molar-refractivity contribution in [3.63, 3.8) is 0 Å². The lowest BCUT2D eigenvalue weighted by molar-refractivity contribution is 0.0698. The van der Waals surface area contributed by atoms with Crippen LogP contribution in [0.1, 0.15) is 23.7 Å². The third-order valence-electron chi connectivity index (χ3n) is 2.42. The molecule has 0 amide bonds. The minimum atomic E-state index is -1.04. The SMILES string of the molecule is CSC(C)CCNc1cc(C(=O)O)c(N)cn1. The lowest BCUT2D eigenvalue weighted by Gasteiger charge is -2.10. The molecule has 0 fully saturated rings. The van der Waals surface area contributed by atoms with Gasteiger partial charge in [-0.15, -0.1) is 0 Å².